The molecule has 0 unspecified atom stereocenters. The van der Waals surface area contributed by atoms with Crippen molar-refractivity contribution in [2.24, 2.45) is 7.05 Å². The van der Waals surface area contributed by atoms with E-state index in [4.69, 9.17) is 4.42 Å². The predicted molar refractivity (Wildman–Crippen MR) is 72.3 cm³/mol. The number of furan rings is 1. The summed E-state index contributed by atoms with van der Waals surface area (Å²) < 4.78 is 7.33. The van der Waals surface area contributed by atoms with Crippen molar-refractivity contribution < 1.29 is 9.21 Å². The monoisotopic (exact) mass is 254 g/mol. The summed E-state index contributed by atoms with van der Waals surface area (Å²) in [5.41, 5.74) is 3.29. The van der Waals surface area contributed by atoms with Crippen LogP contribution in [0.3, 0.4) is 0 Å². The molecule has 19 heavy (non-hydrogen) atoms. The van der Waals surface area contributed by atoms with Crippen LogP contribution < -0.4 is 0 Å². The summed E-state index contributed by atoms with van der Waals surface area (Å²) in [7, 11) is 1.78. The van der Waals surface area contributed by atoms with Crippen LogP contribution in [0.2, 0.25) is 0 Å². The second kappa shape index (κ2) is 4.09. The molecule has 2 heterocycles. The van der Waals surface area contributed by atoms with Crippen LogP contribution >= 0.6 is 0 Å². The quantitative estimate of drug-likeness (QED) is 0.660. The lowest BCUT2D eigenvalue weighted by molar-refractivity contribution is 0.101. The van der Waals surface area contributed by atoms with Gasteiger partial charge < -0.3 is 4.42 Å². The van der Waals surface area contributed by atoms with E-state index < -0.39 is 0 Å². The van der Waals surface area contributed by atoms with E-state index in [0.717, 1.165) is 22.1 Å². The van der Waals surface area contributed by atoms with E-state index in [1.54, 1.807) is 24.1 Å². The van der Waals surface area contributed by atoms with Crippen LogP contribution in [0.25, 0.3) is 11.0 Å². The molecule has 0 aliphatic rings. The third-order valence-electron chi connectivity index (χ3n) is 3.27. The molecule has 3 aromatic rings. The summed E-state index contributed by atoms with van der Waals surface area (Å²) in [5.74, 6) is 0.271. The van der Waals surface area contributed by atoms with E-state index in [0.29, 0.717) is 11.3 Å². The number of hydrogen-bond donors (Lipinski definition) is 0. The molecule has 1 aromatic carbocycles. The van der Waals surface area contributed by atoms with Crippen molar-refractivity contribution in [1.29, 1.82) is 0 Å². The zero-order chi connectivity index (χ0) is 13.6. The van der Waals surface area contributed by atoms with Gasteiger partial charge in [0.2, 0.25) is 5.78 Å². The second-order valence-corrected chi connectivity index (χ2v) is 4.79. The van der Waals surface area contributed by atoms with E-state index in [1.807, 2.05) is 32.0 Å². The minimum atomic E-state index is -0.126. The Labute approximate surface area is 110 Å². The first-order chi connectivity index (χ1) is 9.06. The maximum Gasteiger partial charge on any atom is 0.231 e. The molecule has 2 aromatic heterocycles. The zero-order valence-electron chi connectivity index (χ0n) is 11.1. The Balaban J connectivity index is 2.15. The summed E-state index contributed by atoms with van der Waals surface area (Å²) in [6.45, 7) is 3.91. The highest BCUT2D eigenvalue weighted by molar-refractivity contribution is 6.10. The molecule has 0 spiro atoms. The van der Waals surface area contributed by atoms with E-state index in [2.05, 4.69) is 5.10 Å². The highest BCUT2D eigenvalue weighted by Gasteiger charge is 2.20. The van der Waals surface area contributed by atoms with Gasteiger partial charge in [-0.15, -0.1) is 0 Å². The zero-order valence-corrected chi connectivity index (χ0v) is 11.1. The molecule has 0 saturated heterocycles. The predicted octanol–water partition coefficient (Wildman–Crippen LogP) is 3.01. The molecule has 4 heteroatoms. The molecule has 0 fully saturated rings. The lowest BCUT2D eigenvalue weighted by Crippen LogP contribution is -2.00. The van der Waals surface area contributed by atoms with Gasteiger partial charge in [0.15, 0.2) is 5.76 Å². The van der Waals surface area contributed by atoms with Crippen molar-refractivity contribution in [3.05, 3.63) is 53.0 Å². The number of rotatable bonds is 2. The summed E-state index contributed by atoms with van der Waals surface area (Å²) >= 11 is 0. The van der Waals surface area contributed by atoms with Crippen LogP contribution in [-0.4, -0.2) is 15.6 Å². The molecule has 0 bridgehead atoms. The summed E-state index contributed by atoms with van der Waals surface area (Å²) in [6.07, 6.45) is 3.25. The molecule has 0 saturated carbocycles. The highest BCUT2D eigenvalue weighted by atomic mass is 16.3. The number of fused-ring (bicyclic) bond motifs is 1. The van der Waals surface area contributed by atoms with Crippen molar-refractivity contribution in [2.75, 3.05) is 0 Å². The Hall–Kier alpha value is -2.36. The van der Waals surface area contributed by atoms with E-state index >= 15 is 0 Å². The van der Waals surface area contributed by atoms with Gasteiger partial charge in [0.25, 0.3) is 0 Å². The van der Waals surface area contributed by atoms with Gasteiger partial charge >= 0.3 is 0 Å². The minimum Gasteiger partial charge on any atom is -0.452 e. The van der Waals surface area contributed by atoms with Crippen LogP contribution in [0.1, 0.15) is 27.2 Å². The largest absolute Gasteiger partial charge is 0.452 e. The first-order valence-corrected chi connectivity index (χ1v) is 6.09. The molecular formula is C15H14N2O2. The van der Waals surface area contributed by atoms with Gasteiger partial charge in [-0.05, 0) is 25.5 Å². The Morgan fingerprint density at radius 3 is 2.79 bits per heavy atom. The average molecular weight is 254 g/mol. The average Bonchev–Trinajstić information content (AvgIpc) is 2.93. The number of nitrogens with zero attached hydrogens (tertiary/aromatic N) is 2. The van der Waals surface area contributed by atoms with Crippen LogP contribution in [-0.2, 0) is 7.05 Å². The van der Waals surface area contributed by atoms with Crippen LogP contribution in [0, 0.1) is 13.8 Å². The van der Waals surface area contributed by atoms with E-state index in [9.17, 15) is 4.79 Å². The number of aromatic nitrogens is 2. The van der Waals surface area contributed by atoms with Gasteiger partial charge in [-0.25, -0.2) is 0 Å². The Kier molecular flexibility index (Phi) is 2.52. The fourth-order valence-electron chi connectivity index (χ4n) is 2.22. The maximum atomic E-state index is 12.4. The number of ketones is 1. The molecule has 0 amide bonds. The van der Waals surface area contributed by atoms with Gasteiger partial charge in [0.05, 0.1) is 11.8 Å². The molecule has 0 atom stereocenters. The van der Waals surface area contributed by atoms with Crippen LogP contribution in [0.4, 0.5) is 0 Å². The summed E-state index contributed by atoms with van der Waals surface area (Å²) in [4.78, 5) is 12.4. The number of aryl methyl sites for hydroxylation is 3. The maximum absolute atomic E-state index is 12.4. The topological polar surface area (TPSA) is 48.0 Å². The number of carbonyl (C=O) groups excluding carboxylic acids is 1. The van der Waals surface area contributed by atoms with Crippen molar-refractivity contribution in [3.8, 4) is 0 Å². The third-order valence-corrected chi connectivity index (χ3v) is 3.27. The molecule has 0 aliphatic carbocycles. The first kappa shape index (κ1) is 11.7. The molecular weight excluding hydrogens is 240 g/mol. The summed E-state index contributed by atoms with van der Waals surface area (Å²) in [6, 6.07) is 5.95. The molecule has 4 nitrogen and oxygen atoms in total. The second-order valence-electron chi connectivity index (χ2n) is 4.79. The smallest absolute Gasteiger partial charge is 0.231 e. The van der Waals surface area contributed by atoms with Crippen molar-refractivity contribution >= 4 is 16.8 Å². The minimum absolute atomic E-state index is 0.126. The fourth-order valence-corrected chi connectivity index (χ4v) is 2.22. The standard InChI is InChI=1S/C15H14N2O2/c1-9-4-5-12-10(2)15(19-13(12)6-9)14(18)11-7-16-17(3)8-11/h4-8H,1-3H3. The Morgan fingerprint density at radius 2 is 2.11 bits per heavy atom. The van der Waals surface area contributed by atoms with Gasteiger partial charge in [-0.1, -0.05) is 12.1 Å². The van der Waals surface area contributed by atoms with Crippen molar-refractivity contribution in [2.45, 2.75) is 13.8 Å². The van der Waals surface area contributed by atoms with Gasteiger partial charge in [0, 0.05) is 24.2 Å². The molecule has 0 N–H and O–H groups in total. The third kappa shape index (κ3) is 1.85. The van der Waals surface area contributed by atoms with E-state index in [-0.39, 0.29) is 5.78 Å². The molecule has 0 radical (unpaired) electrons. The Morgan fingerprint density at radius 1 is 1.32 bits per heavy atom. The number of hydrogen-bond acceptors (Lipinski definition) is 3. The lowest BCUT2D eigenvalue weighted by atomic mass is 10.1. The number of benzene rings is 1. The highest BCUT2D eigenvalue weighted by Crippen LogP contribution is 2.27. The Bertz CT molecular complexity index is 781. The first-order valence-electron chi connectivity index (χ1n) is 6.09. The summed E-state index contributed by atoms with van der Waals surface area (Å²) in [5, 5.41) is 5.00. The SMILES string of the molecule is Cc1ccc2c(C)c(C(=O)c3cnn(C)c3)oc2c1. The van der Waals surface area contributed by atoms with Gasteiger partial charge in [-0.3, -0.25) is 9.48 Å². The van der Waals surface area contributed by atoms with Gasteiger partial charge in [0.1, 0.15) is 5.58 Å². The van der Waals surface area contributed by atoms with Gasteiger partial charge in [-0.2, -0.15) is 5.10 Å². The van der Waals surface area contributed by atoms with Crippen LogP contribution in [0.5, 0.6) is 0 Å². The number of carbonyl (C=O) groups is 1. The molecule has 0 aliphatic heterocycles. The molecule has 96 valence electrons. The lowest BCUT2D eigenvalue weighted by Gasteiger charge is -1.94. The van der Waals surface area contributed by atoms with Crippen molar-refractivity contribution in [3.63, 3.8) is 0 Å². The van der Waals surface area contributed by atoms with E-state index in [1.165, 1.54) is 0 Å². The molecule has 3 rings (SSSR count). The fraction of sp³-hybridized carbons (Fsp3) is 0.200. The van der Waals surface area contributed by atoms with Crippen molar-refractivity contribution in [1.82, 2.24) is 9.78 Å². The normalized spacial score (nSPS) is 11.1. The van der Waals surface area contributed by atoms with Crippen LogP contribution in [0.15, 0.2) is 35.0 Å².